The summed E-state index contributed by atoms with van der Waals surface area (Å²) in [6, 6.07) is 0. The van der Waals surface area contributed by atoms with Gasteiger partial charge in [0.25, 0.3) is 0 Å². The topological polar surface area (TPSA) is 49.3 Å². The number of aliphatic hydroxyl groups is 1. The highest BCUT2D eigenvalue weighted by molar-refractivity contribution is 5.75. The Morgan fingerprint density at radius 1 is 0.850 bits per heavy atom. The second-order valence-corrected chi connectivity index (χ2v) is 5.38. The molecule has 20 heavy (non-hydrogen) atoms. The first-order valence-corrected chi connectivity index (χ1v) is 8.27. The lowest BCUT2D eigenvalue weighted by atomic mass is 10.1. The molecule has 0 aromatic heterocycles. The lowest BCUT2D eigenvalue weighted by Crippen LogP contribution is -2.16. The van der Waals surface area contributed by atoms with Gasteiger partial charge < -0.3 is 10.4 Å². The van der Waals surface area contributed by atoms with Crippen molar-refractivity contribution in [2.24, 2.45) is 0 Å². The Morgan fingerprint density at radius 2 is 1.35 bits per heavy atom. The lowest BCUT2D eigenvalue weighted by Gasteiger charge is -2.01. The molecular formula is C17H33NO2. The van der Waals surface area contributed by atoms with Crippen LogP contribution in [0, 0.1) is 0 Å². The highest BCUT2D eigenvalue weighted by Crippen LogP contribution is 2.10. The minimum atomic E-state index is 0.119. The van der Waals surface area contributed by atoms with Gasteiger partial charge in [0.05, 0.1) is 0 Å². The molecule has 0 aromatic carbocycles. The van der Waals surface area contributed by atoms with Crippen LogP contribution in [-0.4, -0.2) is 24.7 Å². The van der Waals surface area contributed by atoms with Crippen LogP contribution in [0.25, 0.3) is 0 Å². The molecule has 0 spiro atoms. The van der Waals surface area contributed by atoms with Gasteiger partial charge in [-0.1, -0.05) is 57.1 Å². The predicted octanol–water partition coefficient (Wildman–Crippen LogP) is 3.96. The van der Waals surface area contributed by atoms with E-state index in [-0.39, 0.29) is 5.91 Å². The molecular weight excluding hydrogens is 250 g/mol. The third-order valence-electron chi connectivity index (χ3n) is 3.51. The fraction of sp³-hybridized carbons (Fsp3) is 0.824. The fourth-order valence-corrected chi connectivity index (χ4v) is 2.19. The van der Waals surface area contributed by atoms with E-state index in [9.17, 15) is 4.79 Å². The van der Waals surface area contributed by atoms with Gasteiger partial charge in [0.1, 0.15) is 0 Å². The maximum atomic E-state index is 11.0. The van der Waals surface area contributed by atoms with E-state index < -0.39 is 0 Å². The maximum Gasteiger partial charge on any atom is 0.220 e. The number of nitrogens with one attached hydrogen (secondary N) is 1. The summed E-state index contributed by atoms with van der Waals surface area (Å²) < 4.78 is 0. The molecule has 0 saturated heterocycles. The molecule has 0 aromatic rings. The van der Waals surface area contributed by atoms with Crippen molar-refractivity contribution in [3.05, 3.63) is 12.2 Å². The first-order chi connectivity index (χ1) is 9.81. The normalized spacial score (nSPS) is 11.1. The molecule has 0 fully saturated rings. The van der Waals surface area contributed by atoms with E-state index in [0.717, 1.165) is 19.3 Å². The molecule has 3 nitrogen and oxygen atoms in total. The van der Waals surface area contributed by atoms with Crippen LogP contribution >= 0.6 is 0 Å². The highest BCUT2D eigenvalue weighted by atomic mass is 16.2. The molecule has 3 heteroatoms. The number of hydrogen-bond acceptors (Lipinski definition) is 2. The van der Waals surface area contributed by atoms with Gasteiger partial charge in [-0.15, -0.1) is 0 Å². The van der Waals surface area contributed by atoms with Crippen LogP contribution in [0.2, 0.25) is 0 Å². The lowest BCUT2D eigenvalue weighted by molar-refractivity contribution is -0.120. The van der Waals surface area contributed by atoms with Crippen molar-refractivity contribution in [3.8, 4) is 0 Å². The summed E-state index contributed by atoms with van der Waals surface area (Å²) in [6.45, 7) is 0.344. The summed E-state index contributed by atoms with van der Waals surface area (Å²) in [5, 5.41) is 11.3. The summed E-state index contributed by atoms with van der Waals surface area (Å²) >= 11 is 0. The van der Waals surface area contributed by atoms with Crippen molar-refractivity contribution in [3.63, 3.8) is 0 Å². The van der Waals surface area contributed by atoms with Gasteiger partial charge in [-0.2, -0.15) is 0 Å². The van der Waals surface area contributed by atoms with Crippen LogP contribution in [0.15, 0.2) is 12.2 Å². The van der Waals surface area contributed by atoms with Gasteiger partial charge in [0.2, 0.25) is 5.91 Å². The molecule has 0 heterocycles. The van der Waals surface area contributed by atoms with Crippen LogP contribution in [0.3, 0.4) is 0 Å². The number of unbranched alkanes of at least 4 members (excludes halogenated alkanes) is 9. The van der Waals surface area contributed by atoms with Crippen molar-refractivity contribution in [1.29, 1.82) is 0 Å². The van der Waals surface area contributed by atoms with Gasteiger partial charge in [-0.25, -0.2) is 0 Å². The molecule has 118 valence electrons. The molecule has 2 N–H and O–H groups in total. The first kappa shape index (κ1) is 19.2. The Labute approximate surface area is 124 Å². The summed E-state index contributed by atoms with van der Waals surface area (Å²) in [5.41, 5.74) is 0. The van der Waals surface area contributed by atoms with Gasteiger partial charge >= 0.3 is 0 Å². The minimum Gasteiger partial charge on any atom is -0.396 e. The average Bonchev–Trinajstić information content (AvgIpc) is 2.47. The van der Waals surface area contributed by atoms with Crippen molar-refractivity contribution in [1.82, 2.24) is 5.32 Å². The van der Waals surface area contributed by atoms with E-state index in [0.29, 0.717) is 13.0 Å². The second-order valence-electron chi connectivity index (χ2n) is 5.38. The first-order valence-electron chi connectivity index (χ1n) is 8.27. The Hall–Kier alpha value is -0.830. The predicted molar refractivity (Wildman–Crippen MR) is 85.7 cm³/mol. The smallest absolute Gasteiger partial charge is 0.220 e. The second kappa shape index (κ2) is 16.2. The molecule has 0 aliphatic heterocycles. The Balaban J connectivity index is 3.09. The molecule has 0 saturated carbocycles. The van der Waals surface area contributed by atoms with Crippen LogP contribution in [-0.2, 0) is 4.79 Å². The average molecular weight is 283 g/mol. The van der Waals surface area contributed by atoms with E-state index in [2.05, 4.69) is 17.5 Å². The van der Waals surface area contributed by atoms with E-state index in [1.165, 1.54) is 51.4 Å². The van der Waals surface area contributed by atoms with Crippen molar-refractivity contribution < 1.29 is 9.90 Å². The number of allylic oxidation sites excluding steroid dienone is 2. The van der Waals surface area contributed by atoms with E-state index in [1.807, 2.05) is 0 Å². The van der Waals surface area contributed by atoms with E-state index in [4.69, 9.17) is 5.11 Å². The molecule has 1 amide bonds. The van der Waals surface area contributed by atoms with Crippen molar-refractivity contribution >= 4 is 5.91 Å². The molecule has 0 atom stereocenters. The molecule has 0 rings (SSSR count). The number of amides is 1. The Kier molecular flexibility index (Phi) is 15.6. The zero-order valence-corrected chi connectivity index (χ0v) is 13.2. The van der Waals surface area contributed by atoms with Crippen LogP contribution in [0.5, 0.6) is 0 Å². The number of hydrogen-bond donors (Lipinski definition) is 2. The standard InChI is InChI=1S/C17H33NO2/c1-18-17(20)15-13-11-9-7-5-3-2-4-6-8-10-12-14-16-19/h9,11,19H,2-8,10,12-16H2,1H3,(H,18,20)/b11-9+. The molecule has 0 bridgehead atoms. The summed E-state index contributed by atoms with van der Waals surface area (Å²) in [5.74, 6) is 0.119. The number of carbonyl (C=O) groups is 1. The monoisotopic (exact) mass is 283 g/mol. The van der Waals surface area contributed by atoms with Gasteiger partial charge in [0.15, 0.2) is 0 Å². The third kappa shape index (κ3) is 15.2. The van der Waals surface area contributed by atoms with E-state index >= 15 is 0 Å². The largest absolute Gasteiger partial charge is 0.396 e. The Morgan fingerprint density at radius 3 is 1.90 bits per heavy atom. The van der Waals surface area contributed by atoms with E-state index in [1.54, 1.807) is 7.05 Å². The van der Waals surface area contributed by atoms with Crippen LogP contribution < -0.4 is 5.32 Å². The number of rotatable bonds is 14. The summed E-state index contributed by atoms with van der Waals surface area (Å²) in [6.07, 6.45) is 18.3. The zero-order valence-electron chi connectivity index (χ0n) is 13.2. The van der Waals surface area contributed by atoms with Crippen LogP contribution in [0.4, 0.5) is 0 Å². The zero-order chi connectivity index (χ0) is 14.9. The number of carbonyl (C=O) groups excluding carboxylic acids is 1. The van der Waals surface area contributed by atoms with Crippen molar-refractivity contribution in [2.75, 3.05) is 13.7 Å². The quantitative estimate of drug-likeness (QED) is 0.374. The highest BCUT2D eigenvalue weighted by Gasteiger charge is 1.94. The van der Waals surface area contributed by atoms with Gasteiger partial charge in [0, 0.05) is 20.1 Å². The Bertz CT molecular complexity index is 239. The van der Waals surface area contributed by atoms with Crippen molar-refractivity contribution in [2.45, 2.75) is 77.0 Å². The fourth-order valence-electron chi connectivity index (χ4n) is 2.19. The summed E-state index contributed by atoms with van der Waals surface area (Å²) in [4.78, 5) is 11.0. The number of aliphatic hydroxyl groups excluding tert-OH is 1. The third-order valence-corrected chi connectivity index (χ3v) is 3.51. The molecule has 0 unspecified atom stereocenters. The van der Waals surface area contributed by atoms with Crippen LogP contribution in [0.1, 0.15) is 77.0 Å². The van der Waals surface area contributed by atoms with Gasteiger partial charge in [-0.05, 0) is 25.7 Å². The summed E-state index contributed by atoms with van der Waals surface area (Å²) in [7, 11) is 1.68. The SMILES string of the molecule is CNC(=O)CC/C=C/CCCCCCCCCCCO. The van der Waals surface area contributed by atoms with Gasteiger partial charge in [-0.3, -0.25) is 4.79 Å². The molecule has 0 radical (unpaired) electrons. The minimum absolute atomic E-state index is 0.119. The molecule has 0 aliphatic rings. The maximum absolute atomic E-state index is 11.0. The molecule has 0 aliphatic carbocycles.